The van der Waals surface area contributed by atoms with Crippen LogP contribution in [0.25, 0.3) is 0 Å². The average molecular weight is 203 g/mol. The second-order valence-electron chi connectivity index (χ2n) is 4.07. The third-order valence-electron chi connectivity index (χ3n) is 2.73. The highest BCUT2D eigenvalue weighted by Crippen LogP contribution is 2.16. The highest BCUT2D eigenvalue weighted by atomic mass is 35.5. The summed E-state index contributed by atoms with van der Waals surface area (Å²) in [4.78, 5) is 2.36. The van der Waals surface area contributed by atoms with Crippen molar-refractivity contribution in [2.75, 3.05) is 26.2 Å². The lowest BCUT2D eigenvalue weighted by Gasteiger charge is -2.41. The molecule has 1 atom stereocenters. The Morgan fingerprint density at radius 2 is 2.38 bits per heavy atom. The zero-order valence-corrected chi connectivity index (χ0v) is 9.32. The average Bonchev–Trinajstić information content (AvgIpc) is 2.03. The number of hydrogen-bond acceptors (Lipinski definition) is 2. The van der Waals surface area contributed by atoms with Gasteiger partial charge in [-0.15, -0.1) is 0 Å². The maximum atomic E-state index is 5.79. The van der Waals surface area contributed by atoms with Gasteiger partial charge in [0.1, 0.15) is 0 Å². The fourth-order valence-corrected chi connectivity index (χ4v) is 1.93. The third kappa shape index (κ3) is 3.29. The largest absolute Gasteiger partial charge is 0.309 e. The lowest BCUT2D eigenvalue weighted by Crippen LogP contribution is -2.58. The Morgan fingerprint density at radius 1 is 1.69 bits per heavy atom. The third-order valence-corrected chi connectivity index (χ3v) is 2.85. The molecule has 0 radical (unpaired) electrons. The van der Waals surface area contributed by atoms with E-state index in [2.05, 4.69) is 30.6 Å². The van der Waals surface area contributed by atoms with E-state index in [0.717, 1.165) is 37.6 Å². The second-order valence-corrected chi connectivity index (χ2v) is 4.60. The van der Waals surface area contributed by atoms with E-state index in [1.807, 2.05) is 0 Å². The van der Waals surface area contributed by atoms with Crippen molar-refractivity contribution in [3.63, 3.8) is 0 Å². The minimum atomic E-state index is 0.255. The van der Waals surface area contributed by atoms with Crippen LogP contribution in [0.2, 0.25) is 0 Å². The van der Waals surface area contributed by atoms with Gasteiger partial charge in [0.2, 0.25) is 0 Å². The van der Waals surface area contributed by atoms with Crippen LogP contribution in [0.3, 0.4) is 0 Å². The predicted molar refractivity (Wildman–Crippen MR) is 58.1 cm³/mol. The Labute approximate surface area is 85.9 Å². The number of hydrogen-bond donors (Lipinski definition) is 1. The molecule has 3 heteroatoms. The molecule has 0 spiro atoms. The summed E-state index contributed by atoms with van der Waals surface area (Å²) >= 11 is 5.79. The van der Waals surface area contributed by atoms with Gasteiger partial charge in [-0.25, -0.2) is 0 Å². The first kappa shape index (κ1) is 11.0. The molecule has 1 N–H and O–H groups in total. The SMILES string of the molecule is C=C(Cl)CN1CCNC(C)(CC)C1. The Hall–Kier alpha value is -0.0500. The van der Waals surface area contributed by atoms with Crippen LogP contribution < -0.4 is 5.32 Å². The van der Waals surface area contributed by atoms with Crippen LogP contribution >= 0.6 is 11.6 Å². The zero-order valence-electron chi connectivity index (χ0n) is 8.57. The van der Waals surface area contributed by atoms with E-state index in [-0.39, 0.29) is 5.54 Å². The molecule has 2 nitrogen and oxygen atoms in total. The number of halogens is 1. The van der Waals surface area contributed by atoms with E-state index >= 15 is 0 Å². The molecule has 76 valence electrons. The van der Waals surface area contributed by atoms with Gasteiger partial charge in [0, 0.05) is 36.8 Å². The predicted octanol–water partition coefficient (Wildman–Crippen LogP) is 1.81. The molecule has 0 aromatic heterocycles. The molecule has 1 unspecified atom stereocenters. The van der Waals surface area contributed by atoms with E-state index in [1.54, 1.807) is 0 Å². The molecule has 0 aromatic rings. The number of nitrogens with zero attached hydrogens (tertiary/aromatic N) is 1. The van der Waals surface area contributed by atoms with Gasteiger partial charge in [-0.05, 0) is 13.3 Å². The van der Waals surface area contributed by atoms with Crippen molar-refractivity contribution >= 4 is 11.6 Å². The Balaban J connectivity index is 2.46. The molecule has 1 fully saturated rings. The van der Waals surface area contributed by atoms with Gasteiger partial charge in [0.15, 0.2) is 0 Å². The van der Waals surface area contributed by atoms with Crippen molar-refractivity contribution in [1.29, 1.82) is 0 Å². The Bertz CT molecular complexity index is 193. The van der Waals surface area contributed by atoms with Gasteiger partial charge in [0.05, 0.1) is 0 Å². The fourth-order valence-electron chi connectivity index (χ4n) is 1.76. The number of piperazine rings is 1. The monoisotopic (exact) mass is 202 g/mol. The van der Waals surface area contributed by atoms with E-state index in [1.165, 1.54) is 0 Å². The number of rotatable bonds is 3. The summed E-state index contributed by atoms with van der Waals surface area (Å²) in [6, 6.07) is 0. The summed E-state index contributed by atoms with van der Waals surface area (Å²) in [7, 11) is 0. The van der Waals surface area contributed by atoms with Crippen molar-refractivity contribution in [3.05, 3.63) is 11.6 Å². The minimum Gasteiger partial charge on any atom is -0.309 e. The maximum Gasteiger partial charge on any atom is 0.0336 e. The zero-order chi connectivity index (χ0) is 9.90. The van der Waals surface area contributed by atoms with E-state index in [0.29, 0.717) is 0 Å². The van der Waals surface area contributed by atoms with Gasteiger partial charge in [-0.3, -0.25) is 4.90 Å². The number of nitrogens with one attached hydrogen (secondary N) is 1. The summed E-state index contributed by atoms with van der Waals surface area (Å²) in [6.07, 6.45) is 1.15. The summed E-state index contributed by atoms with van der Waals surface area (Å²) in [5.41, 5.74) is 0.255. The molecule has 13 heavy (non-hydrogen) atoms. The second kappa shape index (κ2) is 4.45. The van der Waals surface area contributed by atoms with Crippen molar-refractivity contribution in [2.45, 2.75) is 25.8 Å². The minimum absolute atomic E-state index is 0.255. The molecule has 0 saturated carbocycles. The van der Waals surface area contributed by atoms with Gasteiger partial charge in [0.25, 0.3) is 0 Å². The molecule has 0 amide bonds. The molecular formula is C10H19ClN2. The first-order valence-electron chi connectivity index (χ1n) is 4.86. The van der Waals surface area contributed by atoms with Crippen molar-refractivity contribution in [1.82, 2.24) is 10.2 Å². The van der Waals surface area contributed by atoms with Gasteiger partial charge in [-0.2, -0.15) is 0 Å². The first-order valence-corrected chi connectivity index (χ1v) is 5.24. The van der Waals surface area contributed by atoms with Crippen LogP contribution in [0, 0.1) is 0 Å². The molecule has 1 aliphatic rings. The smallest absolute Gasteiger partial charge is 0.0336 e. The molecule has 1 rings (SSSR count). The lowest BCUT2D eigenvalue weighted by molar-refractivity contribution is 0.151. The molecule has 0 bridgehead atoms. The van der Waals surface area contributed by atoms with Crippen molar-refractivity contribution in [2.24, 2.45) is 0 Å². The van der Waals surface area contributed by atoms with Crippen LogP contribution in [0.15, 0.2) is 11.6 Å². The van der Waals surface area contributed by atoms with Gasteiger partial charge >= 0.3 is 0 Å². The molecule has 1 saturated heterocycles. The molecule has 1 heterocycles. The fraction of sp³-hybridized carbons (Fsp3) is 0.800. The topological polar surface area (TPSA) is 15.3 Å². The van der Waals surface area contributed by atoms with Crippen LogP contribution in [-0.2, 0) is 0 Å². The lowest BCUT2D eigenvalue weighted by atomic mass is 9.96. The van der Waals surface area contributed by atoms with E-state index in [4.69, 9.17) is 11.6 Å². The first-order chi connectivity index (χ1) is 6.06. The summed E-state index contributed by atoms with van der Waals surface area (Å²) in [6.45, 7) is 12.2. The van der Waals surface area contributed by atoms with Crippen LogP contribution in [0.4, 0.5) is 0 Å². The highest BCUT2D eigenvalue weighted by molar-refractivity contribution is 6.29. The van der Waals surface area contributed by atoms with E-state index in [9.17, 15) is 0 Å². The Kier molecular flexibility index (Phi) is 3.77. The standard InChI is InChI=1S/C10H19ClN2/c1-4-10(3)8-13(6-5-12-10)7-9(2)11/h12H,2,4-8H2,1,3H3. The van der Waals surface area contributed by atoms with Gasteiger partial charge in [-0.1, -0.05) is 25.1 Å². The van der Waals surface area contributed by atoms with Crippen molar-refractivity contribution in [3.8, 4) is 0 Å². The summed E-state index contributed by atoms with van der Waals surface area (Å²) in [5.74, 6) is 0. The van der Waals surface area contributed by atoms with Crippen molar-refractivity contribution < 1.29 is 0 Å². The quantitative estimate of drug-likeness (QED) is 0.751. The van der Waals surface area contributed by atoms with E-state index < -0.39 is 0 Å². The molecule has 0 aromatic carbocycles. The maximum absolute atomic E-state index is 5.79. The molecule has 0 aliphatic carbocycles. The summed E-state index contributed by atoms with van der Waals surface area (Å²) in [5, 5.41) is 4.27. The highest BCUT2D eigenvalue weighted by Gasteiger charge is 2.28. The molecule has 1 aliphatic heterocycles. The Morgan fingerprint density at radius 3 is 2.92 bits per heavy atom. The van der Waals surface area contributed by atoms with Crippen LogP contribution in [0.5, 0.6) is 0 Å². The van der Waals surface area contributed by atoms with Gasteiger partial charge < -0.3 is 5.32 Å². The van der Waals surface area contributed by atoms with Crippen LogP contribution in [-0.4, -0.2) is 36.6 Å². The normalized spacial score (nSPS) is 30.4. The molecular weight excluding hydrogens is 184 g/mol. The van der Waals surface area contributed by atoms with Crippen LogP contribution in [0.1, 0.15) is 20.3 Å². The summed E-state index contributed by atoms with van der Waals surface area (Å²) < 4.78 is 0.